The fourth-order valence-electron chi connectivity index (χ4n) is 1.38. The molecule has 0 aliphatic rings. The van der Waals surface area contributed by atoms with Crippen LogP contribution in [0.1, 0.15) is 22.0 Å². The number of nitrogens with one attached hydrogen (secondary N) is 1. The van der Waals surface area contributed by atoms with Crippen molar-refractivity contribution in [2.45, 2.75) is 13.5 Å². The van der Waals surface area contributed by atoms with Crippen molar-refractivity contribution in [1.82, 2.24) is 10.3 Å². The number of carbonyl (C=O) groups excluding carboxylic acids is 1. The van der Waals surface area contributed by atoms with E-state index in [-0.39, 0.29) is 12.5 Å². The molecular formula is C12H11BrN2O2. The molecule has 0 saturated heterocycles. The van der Waals surface area contributed by atoms with Crippen molar-refractivity contribution in [3.05, 3.63) is 52.1 Å². The van der Waals surface area contributed by atoms with Crippen molar-refractivity contribution in [3.63, 3.8) is 0 Å². The predicted molar refractivity (Wildman–Crippen MR) is 66.6 cm³/mol. The predicted octanol–water partition coefficient (Wildman–Crippen LogP) is 2.68. The summed E-state index contributed by atoms with van der Waals surface area (Å²) in [6.45, 7) is 2.10. The summed E-state index contributed by atoms with van der Waals surface area (Å²) in [6.07, 6.45) is 1.62. The first-order valence-corrected chi connectivity index (χ1v) is 5.90. The number of benzene rings is 1. The average molecular weight is 295 g/mol. The molecule has 0 spiro atoms. The van der Waals surface area contributed by atoms with E-state index in [4.69, 9.17) is 4.42 Å². The molecule has 1 amide bonds. The first kappa shape index (κ1) is 11.9. The highest BCUT2D eigenvalue weighted by Crippen LogP contribution is 2.15. The van der Waals surface area contributed by atoms with Gasteiger partial charge >= 0.3 is 0 Å². The molecule has 88 valence electrons. The fraction of sp³-hybridized carbons (Fsp3) is 0.167. The zero-order valence-electron chi connectivity index (χ0n) is 9.24. The third-order valence-electron chi connectivity index (χ3n) is 2.19. The summed E-state index contributed by atoms with van der Waals surface area (Å²) in [4.78, 5) is 15.8. The van der Waals surface area contributed by atoms with Gasteiger partial charge in [-0.15, -0.1) is 0 Å². The Hall–Kier alpha value is -1.62. The number of hydrogen-bond acceptors (Lipinski definition) is 3. The number of aryl methyl sites for hydroxylation is 1. The molecule has 1 heterocycles. The summed E-state index contributed by atoms with van der Waals surface area (Å²) < 4.78 is 6.03. The van der Waals surface area contributed by atoms with Gasteiger partial charge in [-0.2, -0.15) is 0 Å². The lowest BCUT2D eigenvalue weighted by molar-refractivity contribution is 0.0946. The largest absolute Gasteiger partial charge is 0.444 e. The Morgan fingerprint density at radius 3 is 2.88 bits per heavy atom. The van der Waals surface area contributed by atoms with E-state index in [0.29, 0.717) is 11.5 Å². The molecule has 4 nitrogen and oxygen atoms in total. The number of halogens is 1. The molecule has 0 aliphatic heterocycles. The van der Waals surface area contributed by atoms with Gasteiger partial charge in [0.05, 0.1) is 18.3 Å². The van der Waals surface area contributed by atoms with E-state index in [1.807, 2.05) is 25.1 Å². The normalized spacial score (nSPS) is 10.2. The van der Waals surface area contributed by atoms with Crippen LogP contribution in [0.25, 0.3) is 0 Å². The van der Waals surface area contributed by atoms with Crippen molar-refractivity contribution < 1.29 is 9.21 Å². The van der Waals surface area contributed by atoms with Gasteiger partial charge in [0.2, 0.25) is 5.89 Å². The summed E-state index contributed by atoms with van der Waals surface area (Å²) in [5, 5.41) is 2.74. The number of aromatic nitrogens is 1. The number of oxazole rings is 1. The first-order valence-electron chi connectivity index (χ1n) is 5.11. The number of carbonyl (C=O) groups is 1. The molecule has 0 atom stereocenters. The highest BCUT2D eigenvalue weighted by atomic mass is 79.9. The molecule has 2 rings (SSSR count). The molecule has 0 bridgehead atoms. The smallest absolute Gasteiger partial charge is 0.252 e. The van der Waals surface area contributed by atoms with E-state index in [1.165, 1.54) is 0 Å². The summed E-state index contributed by atoms with van der Waals surface area (Å²) in [6, 6.07) is 7.25. The molecule has 0 radical (unpaired) electrons. The van der Waals surface area contributed by atoms with Crippen molar-refractivity contribution in [1.29, 1.82) is 0 Å². The van der Waals surface area contributed by atoms with E-state index < -0.39 is 0 Å². The standard InChI is InChI=1S/C12H11BrN2O2/c1-8-6-14-11(17-8)7-15-12(16)9-4-2-3-5-10(9)13/h2-6H,7H2,1H3,(H,15,16). The van der Waals surface area contributed by atoms with Crippen LogP contribution in [0, 0.1) is 6.92 Å². The molecule has 0 unspecified atom stereocenters. The quantitative estimate of drug-likeness (QED) is 0.947. The van der Waals surface area contributed by atoms with Crippen molar-refractivity contribution in [2.75, 3.05) is 0 Å². The maximum absolute atomic E-state index is 11.8. The second kappa shape index (κ2) is 5.14. The number of amides is 1. The van der Waals surface area contributed by atoms with Gasteiger partial charge in [0, 0.05) is 4.47 Å². The zero-order valence-corrected chi connectivity index (χ0v) is 10.8. The van der Waals surface area contributed by atoms with Gasteiger partial charge in [0.1, 0.15) is 5.76 Å². The Morgan fingerprint density at radius 2 is 2.24 bits per heavy atom. The molecule has 1 N–H and O–H groups in total. The van der Waals surface area contributed by atoms with Crippen molar-refractivity contribution in [3.8, 4) is 0 Å². The molecule has 17 heavy (non-hydrogen) atoms. The molecule has 2 aromatic rings. The summed E-state index contributed by atoms with van der Waals surface area (Å²) in [5.74, 6) is 1.08. The van der Waals surface area contributed by atoms with E-state index >= 15 is 0 Å². The van der Waals surface area contributed by atoms with Crippen LogP contribution in [0.15, 0.2) is 39.4 Å². The van der Waals surface area contributed by atoms with Crippen LogP contribution < -0.4 is 5.32 Å². The minimum Gasteiger partial charge on any atom is -0.444 e. The number of hydrogen-bond donors (Lipinski definition) is 1. The summed E-state index contributed by atoms with van der Waals surface area (Å²) >= 11 is 3.33. The van der Waals surface area contributed by atoms with Gasteiger partial charge in [-0.05, 0) is 35.0 Å². The molecule has 1 aromatic heterocycles. The fourth-order valence-corrected chi connectivity index (χ4v) is 1.84. The first-order chi connectivity index (χ1) is 8.16. The molecule has 0 saturated carbocycles. The van der Waals surface area contributed by atoms with Crippen LogP contribution in [-0.4, -0.2) is 10.9 Å². The van der Waals surface area contributed by atoms with Crippen LogP contribution in [-0.2, 0) is 6.54 Å². The third-order valence-corrected chi connectivity index (χ3v) is 2.88. The minimum absolute atomic E-state index is 0.159. The second-order valence-electron chi connectivity index (χ2n) is 3.53. The van der Waals surface area contributed by atoms with E-state index in [1.54, 1.807) is 12.3 Å². The Balaban J connectivity index is 2.01. The third kappa shape index (κ3) is 2.94. The highest BCUT2D eigenvalue weighted by Gasteiger charge is 2.09. The monoisotopic (exact) mass is 294 g/mol. The SMILES string of the molecule is Cc1cnc(CNC(=O)c2ccccc2Br)o1. The summed E-state index contributed by atoms with van der Waals surface area (Å²) in [7, 11) is 0. The molecule has 5 heteroatoms. The second-order valence-corrected chi connectivity index (χ2v) is 4.38. The van der Waals surface area contributed by atoms with E-state index in [9.17, 15) is 4.79 Å². The highest BCUT2D eigenvalue weighted by molar-refractivity contribution is 9.10. The van der Waals surface area contributed by atoms with E-state index in [0.717, 1.165) is 10.2 Å². The summed E-state index contributed by atoms with van der Waals surface area (Å²) in [5.41, 5.74) is 0.593. The van der Waals surface area contributed by atoms with Crippen LogP contribution in [0.3, 0.4) is 0 Å². The van der Waals surface area contributed by atoms with Gasteiger partial charge in [-0.25, -0.2) is 4.98 Å². The maximum atomic E-state index is 11.8. The maximum Gasteiger partial charge on any atom is 0.252 e. The van der Waals surface area contributed by atoms with Gasteiger partial charge in [0.25, 0.3) is 5.91 Å². The van der Waals surface area contributed by atoms with Crippen LogP contribution in [0.5, 0.6) is 0 Å². The van der Waals surface area contributed by atoms with Gasteiger partial charge < -0.3 is 9.73 Å². The van der Waals surface area contributed by atoms with Crippen LogP contribution in [0.2, 0.25) is 0 Å². The lowest BCUT2D eigenvalue weighted by Crippen LogP contribution is -2.23. The minimum atomic E-state index is -0.159. The topological polar surface area (TPSA) is 55.1 Å². The van der Waals surface area contributed by atoms with Crippen molar-refractivity contribution >= 4 is 21.8 Å². The molecule has 1 aromatic carbocycles. The Bertz CT molecular complexity index is 537. The molecule has 0 fully saturated rings. The number of rotatable bonds is 3. The lowest BCUT2D eigenvalue weighted by atomic mass is 10.2. The van der Waals surface area contributed by atoms with Gasteiger partial charge in [-0.1, -0.05) is 12.1 Å². The van der Waals surface area contributed by atoms with Gasteiger partial charge in [-0.3, -0.25) is 4.79 Å². The Morgan fingerprint density at radius 1 is 1.47 bits per heavy atom. The Kier molecular flexibility index (Phi) is 3.58. The van der Waals surface area contributed by atoms with Crippen LogP contribution >= 0.6 is 15.9 Å². The van der Waals surface area contributed by atoms with Gasteiger partial charge in [0.15, 0.2) is 0 Å². The Labute approximate surface area is 107 Å². The lowest BCUT2D eigenvalue weighted by Gasteiger charge is -2.04. The zero-order chi connectivity index (χ0) is 12.3. The molecular weight excluding hydrogens is 284 g/mol. The average Bonchev–Trinajstić information content (AvgIpc) is 2.73. The van der Waals surface area contributed by atoms with Crippen molar-refractivity contribution in [2.24, 2.45) is 0 Å². The molecule has 0 aliphatic carbocycles. The van der Waals surface area contributed by atoms with Crippen LogP contribution in [0.4, 0.5) is 0 Å². The number of nitrogens with zero attached hydrogens (tertiary/aromatic N) is 1. The van der Waals surface area contributed by atoms with E-state index in [2.05, 4.69) is 26.2 Å².